The molecule has 2 fully saturated rings. The molecule has 5 nitrogen and oxygen atoms in total. The lowest BCUT2D eigenvalue weighted by Crippen LogP contribution is -2.45. The van der Waals surface area contributed by atoms with Crippen LogP contribution in [0, 0.1) is 5.92 Å². The van der Waals surface area contributed by atoms with Crippen LogP contribution in [0.25, 0.3) is 0 Å². The summed E-state index contributed by atoms with van der Waals surface area (Å²) in [6, 6.07) is 5.89. The topological polar surface area (TPSA) is 58.6 Å². The predicted molar refractivity (Wildman–Crippen MR) is 101 cm³/mol. The Balaban J connectivity index is 1.61. The van der Waals surface area contributed by atoms with E-state index in [9.17, 15) is 9.59 Å². The monoisotopic (exact) mass is 356 g/mol. The van der Waals surface area contributed by atoms with Crippen LogP contribution in [0.1, 0.15) is 54.4 Å². The van der Waals surface area contributed by atoms with Crippen molar-refractivity contribution < 1.29 is 14.3 Å². The summed E-state index contributed by atoms with van der Waals surface area (Å²) in [5.74, 6) is 1.77. The third-order valence-electron chi connectivity index (χ3n) is 5.58. The number of piperidine rings is 1. The van der Waals surface area contributed by atoms with Gasteiger partial charge in [-0.3, -0.25) is 9.59 Å². The van der Waals surface area contributed by atoms with E-state index in [1.54, 1.807) is 7.11 Å². The lowest BCUT2D eigenvalue weighted by atomic mass is 9.90. The first-order valence-corrected chi connectivity index (χ1v) is 9.43. The van der Waals surface area contributed by atoms with Crippen molar-refractivity contribution in [1.82, 2.24) is 10.2 Å². The van der Waals surface area contributed by atoms with Gasteiger partial charge in [0.1, 0.15) is 5.75 Å². The molecule has 2 aliphatic rings. The van der Waals surface area contributed by atoms with Crippen LogP contribution in [0.2, 0.25) is 0 Å². The minimum absolute atomic E-state index is 0.0933. The zero-order chi connectivity index (χ0) is 18.7. The molecule has 1 heterocycles. The van der Waals surface area contributed by atoms with Gasteiger partial charge in [-0.05, 0) is 74.3 Å². The molecule has 1 aromatic rings. The average molecular weight is 356 g/mol. The molecule has 5 heteroatoms. The van der Waals surface area contributed by atoms with Gasteiger partial charge in [-0.25, -0.2) is 0 Å². The zero-order valence-corrected chi connectivity index (χ0v) is 15.7. The largest absolute Gasteiger partial charge is 0.496 e. The fourth-order valence-electron chi connectivity index (χ4n) is 3.77. The SMILES string of the molecule is C=CC(=O)NC(C)C1CCN(C(=O)c2ccc(OC)c(C3CC3)c2)CC1. The highest BCUT2D eigenvalue weighted by atomic mass is 16.5. The number of amides is 2. The van der Waals surface area contributed by atoms with Crippen LogP contribution in [-0.4, -0.2) is 43.0 Å². The Hall–Kier alpha value is -2.30. The summed E-state index contributed by atoms with van der Waals surface area (Å²) in [5, 5.41) is 2.94. The average Bonchev–Trinajstić information content (AvgIpc) is 3.52. The number of benzene rings is 1. The van der Waals surface area contributed by atoms with Crippen LogP contribution in [0.5, 0.6) is 5.75 Å². The van der Waals surface area contributed by atoms with Crippen molar-refractivity contribution in [2.75, 3.05) is 20.2 Å². The van der Waals surface area contributed by atoms with Crippen molar-refractivity contribution in [3.05, 3.63) is 42.0 Å². The van der Waals surface area contributed by atoms with Crippen molar-refractivity contribution in [3.8, 4) is 5.75 Å². The summed E-state index contributed by atoms with van der Waals surface area (Å²) in [6.07, 6.45) is 5.45. The number of likely N-dealkylation sites (tertiary alicyclic amines) is 1. The molecule has 1 aromatic carbocycles. The highest BCUT2D eigenvalue weighted by Gasteiger charge is 2.30. The number of nitrogens with one attached hydrogen (secondary N) is 1. The first-order chi connectivity index (χ1) is 12.5. The van der Waals surface area contributed by atoms with Gasteiger partial charge in [0.2, 0.25) is 5.91 Å². The number of methoxy groups -OCH3 is 1. The lowest BCUT2D eigenvalue weighted by molar-refractivity contribution is -0.117. The van der Waals surface area contributed by atoms with Crippen molar-refractivity contribution in [2.45, 2.75) is 44.6 Å². The van der Waals surface area contributed by atoms with E-state index in [0.29, 0.717) is 11.8 Å². The molecular weight excluding hydrogens is 328 g/mol. The third kappa shape index (κ3) is 4.09. The van der Waals surface area contributed by atoms with Crippen LogP contribution in [0.4, 0.5) is 0 Å². The normalized spacial score (nSPS) is 18.9. The van der Waals surface area contributed by atoms with Crippen LogP contribution in [0.15, 0.2) is 30.9 Å². The standard InChI is InChI=1S/C21H28N2O3/c1-4-20(24)22-14(2)15-9-11-23(12-10-15)21(25)17-7-8-19(26-3)18(13-17)16-5-6-16/h4,7-8,13-16H,1,5-6,9-12H2,2-3H3,(H,22,24). The first kappa shape index (κ1) is 18.5. The second kappa shape index (κ2) is 7.94. The van der Waals surface area contributed by atoms with Crippen molar-refractivity contribution in [2.24, 2.45) is 5.92 Å². The quantitative estimate of drug-likeness (QED) is 0.797. The molecule has 140 valence electrons. The van der Waals surface area contributed by atoms with Gasteiger partial charge < -0.3 is 15.0 Å². The maximum Gasteiger partial charge on any atom is 0.253 e. The van der Waals surface area contributed by atoms with E-state index in [1.165, 1.54) is 18.9 Å². The van der Waals surface area contributed by atoms with Gasteiger partial charge >= 0.3 is 0 Å². The second-order valence-corrected chi connectivity index (χ2v) is 7.36. The smallest absolute Gasteiger partial charge is 0.253 e. The fraction of sp³-hybridized carbons (Fsp3) is 0.524. The molecule has 1 unspecified atom stereocenters. The number of nitrogens with zero attached hydrogens (tertiary/aromatic N) is 1. The Morgan fingerprint density at radius 1 is 1.27 bits per heavy atom. The molecule has 2 amide bonds. The minimum Gasteiger partial charge on any atom is -0.496 e. The molecule has 0 aromatic heterocycles. The molecule has 1 saturated heterocycles. The van der Waals surface area contributed by atoms with E-state index >= 15 is 0 Å². The molecular formula is C21H28N2O3. The summed E-state index contributed by atoms with van der Waals surface area (Å²) >= 11 is 0. The molecule has 1 atom stereocenters. The molecule has 1 N–H and O–H groups in total. The maximum atomic E-state index is 12.9. The number of hydrogen-bond acceptors (Lipinski definition) is 3. The Morgan fingerprint density at radius 2 is 1.96 bits per heavy atom. The van der Waals surface area contributed by atoms with Crippen LogP contribution >= 0.6 is 0 Å². The number of carbonyl (C=O) groups excluding carboxylic acids is 2. The van der Waals surface area contributed by atoms with Crippen molar-refractivity contribution in [1.29, 1.82) is 0 Å². The highest BCUT2D eigenvalue weighted by molar-refractivity contribution is 5.94. The summed E-state index contributed by atoms with van der Waals surface area (Å²) in [5.41, 5.74) is 1.91. The molecule has 0 radical (unpaired) electrons. The van der Waals surface area contributed by atoms with Gasteiger partial charge in [-0.1, -0.05) is 6.58 Å². The van der Waals surface area contributed by atoms with E-state index in [-0.39, 0.29) is 17.9 Å². The Morgan fingerprint density at radius 3 is 2.54 bits per heavy atom. The van der Waals surface area contributed by atoms with Crippen LogP contribution in [0.3, 0.4) is 0 Å². The Bertz CT molecular complexity index is 688. The summed E-state index contributed by atoms with van der Waals surface area (Å²) in [4.78, 5) is 26.3. The summed E-state index contributed by atoms with van der Waals surface area (Å²) < 4.78 is 5.44. The lowest BCUT2D eigenvalue weighted by Gasteiger charge is -2.35. The number of carbonyl (C=O) groups is 2. The summed E-state index contributed by atoms with van der Waals surface area (Å²) in [6.45, 7) is 6.96. The predicted octanol–water partition coefficient (Wildman–Crippen LogP) is 3.12. The molecule has 3 rings (SSSR count). The van der Waals surface area contributed by atoms with Crippen LogP contribution in [-0.2, 0) is 4.79 Å². The van der Waals surface area contributed by atoms with Gasteiger partial charge in [-0.15, -0.1) is 0 Å². The Kier molecular flexibility index (Phi) is 5.64. The van der Waals surface area contributed by atoms with Crippen molar-refractivity contribution in [3.63, 3.8) is 0 Å². The molecule has 26 heavy (non-hydrogen) atoms. The van der Waals surface area contributed by atoms with Crippen LogP contribution < -0.4 is 10.1 Å². The van der Waals surface area contributed by atoms with Crippen molar-refractivity contribution >= 4 is 11.8 Å². The van der Waals surface area contributed by atoms with Gasteiger partial charge in [0.15, 0.2) is 0 Å². The van der Waals surface area contributed by atoms with E-state index in [4.69, 9.17) is 4.74 Å². The maximum absolute atomic E-state index is 12.9. The number of rotatable bonds is 6. The number of ether oxygens (including phenoxy) is 1. The molecule has 1 aliphatic carbocycles. The Labute approximate surface area is 155 Å². The van der Waals surface area contributed by atoms with Gasteiger partial charge in [0.25, 0.3) is 5.91 Å². The minimum atomic E-state index is -0.137. The van der Waals surface area contributed by atoms with E-state index < -0.39 is 0 Å². The summed E-state index contributed by atoms with van der Waals surface area (Å²) in [7, 11) is 1.68. The van der Waals surface area contributed by atoms with E-state index in [0.717, 1.165) is 42.8 Å². The zero-order valence-electron chi connectivity index (χ0n) is 15.7. The van der Waals surface area contributed by atoms with Gasteiger partial charge in [0, 0.05) is 24.7 Å². The van der Waals surface area contributed by atoms with Gasteiger partial charge in [0.05, 0.1) is 7.11 Å². The first-order valence-electron chi connectivity index (χ1n) is 9.43. The highest BCUT2D eigenvalue weighted by Crippen LogP contribution is 2.44. The number of hydrogen-bond donors (Lipinski definition) is 1. The van der Waals surface area contributed by atoms with Gasteiger partial charge in [-0.2, -0.15) is 0 Å². The molecule has 1 saturated carbocycles. The molecule has 0 spiro atoms. The molecule has 1 aliphatic heterocycles. The third-order valence-corrected chi connectivity index (χ3v) is 5.58. The molecule has 0 bridgehead atoms. The van der Waals surface area contributed by atoms with E-state index in [1.807, 2.05) is 30.0 Å². The second-order valence-electron chi connectivity index (χ2n) is 7.36. The van der Waals surface area contributed by atoms with E-state index in [2.05, 4.69) is 11.9 Å². The fourth-order valence-corrected chi connectivity index (χ4v) is 3.77.